The first kappa shape index (κ1) is 19.6. The lowest BCUT2D eigenvalue weighted by Gasteiger charge is -2.20. The van der Waals surface area contributed by atoms with Gasteiger partial charge in [-0.3, -0.25) is 4.79 Å². The summed E-state index contributed by atoms with van der Waals surface area (Å²) >= 11 is 0. The van der Waals surface area contributed by atoms with Gasteiger partial charge >= 0.3 is 0 Å². The highest BCUT2D eigenvalue weighted by Gasteiger charge is 2.16. The summed E-state index contributed by atoms with van der Waals surface area (Å²) in [4.78, 5) is 14.3. The number of methoxy groups -OCH3 is 2. The van der Waals surface area contributed by atoms with Crippen LogP contribution >= 0.6 is 12.4 Å². The number of nitrogens with two attached hydrogens (primary N) is 1. The van der Waals surface area contributed by atoms with Crippen molar-refractivity contribution in [2.24, 2.45) is 0 Å². The standard InChI is InChI=1S/C18H22N2O3.ClH/c1-12-5-7-14(19)9-16(12)18(21)20(2)11-13-6-8-15(22-3)10-17(13)23-4;/h5-10H,11,19H2,1-4H3;1H. The number of benzene rings is 2. The molecule has 0 saturated carbocycles. The van der Waals surface area contributed by atoms with E-state index >= 15 is 0 Å². The van der Waals surface area contributed by atoms with Crippen LogP contribution in [-0.2, 0) is 6.54 Å². The van der Waals surface area contributed by atoms with Gasteiger partial charge in [0.1, 0.15) is 11.5 Å². The van der Waals surface area contributed by atoms with Crippen LogP contribution in [0, 0.1) is 6.92 Å². The smallest absolute Gasteiger partial charge is 0.254 e. The molecular formula is C18H23ClN2O3. The van der Waals surface area contributed by atoms with Gasteiger partial charge in [-0.15, -0.1) is 12.4 Å². The number of anilines is 1. The Hall–Kier alpha value is -2.40. The summed E-state index contributed by atoms with van der Waals surface area (Å²) in [6.07, 6.45) is 0. The second kappa shape index (κ2) is 8.45. The molecule has 0 spiro atoms. The summed E-state index contributed by atoms with van der Waals surface area (Å²) in [6, 6.07) is 10.9. The van der Waals surface area contributed by atoms with Crippen LogP contribution < -0.4 is 15.2 Å². The lowest BCUT2D eigenvalue weighted by Crippen LogP contribution is -2.27. The highest BCUT2D eigenvalue weighted by atomic mass is 35.5. The molecule has 0 atom stereocenters. The first-order valence-corrected chi connectivity index (χ1v) is 7.28. The van der Waals surface area contributed by atoms with Crippen molar-refractivity contribution in [2.75, 3.05) is 27.0 Å². The normalized spacial score (nSPS) is 9.83. The first-order valence-electron chi connectivity index (χ1n) is 7.28. The van der Waals surface area contributed by atoms with E-state index in [2.05, 4.69) is 0 Å². The maximum absolute atomic E-state index is 12.6. The Labute approximate surface area is 148 Å². The van der Waals surface area contributed by atoms with E-state index in [1.165, 1.54) is 0 Å². The highest BCUT2D eigenvalue weighted by Crippen LogP contribution is 2.26. The number of aryl methyl sites for hydroxylation is 1. The molecule has 2 rings (SSSR count). The van der Waals surface area contributed by atoms with Gasteiger partial charge in [0.2, 0.25) is 0 Å². The zero-order valence-electron chi connectivity index (χ0n) is 14.3. The average molecular weight is 351 g/mol. The monoisotopic (exact) mass is 350 g/mol. The zero-order chi connectivity index (χ0) is 17.0. The fourth-order valence-electron chi connectivity index (χ4n) is 2.39. The first-order chi connectivity index (χ1) is 11.0. The van der Waals surface area contributed by atoms with Crippen molar-refractivity contribution >= 4 is 24.0 Å². The van der Waals surface area contributed by atoms with Crippen molar-refractivity contribution in [1.29, 1.82) is 0 Å². The van der Waals surface area contributed by atoms with Crippen molar-refractivity contribution < 1.29 is 14.3 Å². The Bertz CT molecular complexity index is 719. The molecule has 0 radical (unpaired) electrons. The maximum atomic E-state index is 12.6. The van der Waals surface area contributed by atoms with E-state index in [1.54, 1.807) is 44.4 Å². The third-order valence-electron chi connectivity index (χ3n) is 3.74. The van der Waals surface area contributed by atoms with Gasteiger partial charge in [-0.2, -0.15) is 0 Å². The predicted octanol–water partition coefficient (Wildman–Crippen LogP) is 3.29. The van der Waals surface area contributed by atoms with Crippen LogP contribution in [0.15, 0.2) is 36.4 Å². The number of halogens is 1. The van der Waals surface area contributed by atoms with Crippen LogP contribution in [0.25, 0.3) is 0 Å². The predicted molar refractivity (Wildman–Crippen MR) is 98.2 cm³/mol. The van der Waals surface area contributed by atoms with Gasteiger partial charge in [-0.05, 0) is 36.8 Å². The van der Waals surface area contributed by atoms with Crippen molar-refractivity contribution in [3.05, 3.63) is 53.1 Å². The van der Waals surface area contributed by atoms with Crippen LogP contribution in [0.1, 0.15) is 21.5 Å². The van der Waals surface area contributed by atoms with Crippen LogP contribution in [0.5, 0.6) is 11.5 Å². The number of hydrogen-bond acceptors (Lipinski definition) is 4. The molecule has 0 bridgehead atoms. The maximum Gasteiger partial charge on any atom is 0.254 e. The molecule has 0 unspecified atom stereocenters. The molecule has 0 fully saturated rings. The summed E-state index contributed by atoms with van der Waals surface area (Å²) in [5.74, 6) is 1.33. The van der Waals surface area contributed by atoms with E-state index in [1.807, 2.05) is 25.1 Å². The summed E-state index contributed by atoms with van der Waals surface area (Å²) < 4.78 is 10.6. The number of nitrogens with zero attached hydrogens (tertiary/aromatic N) is 1. The molecule has 6 heteroatoms. The highest BCUT2D eigenvalue weighted by molar-refractivity contribution is 5.96. The van der Waals surface area contributed by atoms with Crippen LogP contribution in [-0.4, -0.2) is 32.1 Å². The summed E-state index contributed by atoms with van der Waals surface area (Å²) in [5.41, 5.74) is 8.79. The van der Waals surface area contributed by atoms with Crippen molar-refractivity contribution in [3.8, 4) is 11.5 Å². The van der Waals surface area contributed by atoms with Crippen LogP contribution in [0.2, 0.25) is 0 Å². The molecule has 0 aliphatic heterocycles. The third kappa shape index (κ3) is 4.32. The lowest BCUT2D eigenvalue weighted by molar-refractivity contribution is 0.0783. The van der Waals surface area contributed by atoms with Gasteiger partial charge in [0.25, 0.3) is 5.91 Å². The van der Waals surface area contributed by atoms with Gasteiger partial charge in [-0.1, -0.05) is 6.07 Å². The summed E-state index contributed by atoms with van der Waals surface area (Å²) in [6.45, 7) is 2.33. The Morgan fingerprint density at radius 1 is 1.12 bits per heavy atom. The van der Waals surface area contributed by atoms with Gasteiger partial charge in [-0.25, -0.2) is 0 Å². The minimum absolute atomic E-state index is 0. The SMILES string of the molecule is COc1ccc(CN(C)C(=O)c2cc(N)ccc2C)c(OC)c1.Cl. The molecule has 0 saturated heterocycles. The second-order valence-corrected chi connectivity index (χ2v) is 5.41. The molecule has 24 heavy (non-hydrogen) atoms. The van der Waals surface area contributed by atoms with E-state index in [4.69, 9.17) is 15.2 Å². The van der Waals surface area contributed by atoms with Gasteiger partial charge in [0.05, 0.1) is 14.2 Å². The summed E-state index contributed by atoms with van der Waals surface area (Å²) in [7, 11) is 4.96. The minimum Gasteiger partial charge on any atom is -0.497 e. The Balaban J connectivity index is 0.00000288. The van der Waals surface area contributed by atoms with Crippen LogP contribution in [0.3, 0.4) is 0 Å². The third-order valence-corrected chi connectivity index (χ3v) is 3.74. The number of carbonyl (C=O) groups is 1. The molecule has 2 N–H and O–H groups in total. The van der Waals surface area contributed by atoms with Crippen LogP contribution in [0.4, 0.5) is 5.69 Å². The van der Waals surface area contributed by atoms with E-state index in [0.717, 1.165) is 11.1 Å². The molecule has 0 heterocycles. The minimum atomic E-state index is -0.0762. The molecule has 130 valence electrons. The topological polar surface area (TPSA) is 64.8 Å². The number of nitrogen functional groups attached to an aromatic ring is 1. The Morgan fingerprint density at radius 2 is 1.83 bits per heavy atom. The van der Waals surface area contributed by atoms with Crippen molar-refractivity contribution in [3.63, 3.8) is 0 Å². The molecule has 2 aromatic carbocycles. The number of hydrogen-bond donors (Lipinski definition) is 1. The molecule has 0 aliphatic carbocycles. The summed E-state index contributed by atoms with van der Waals surface area (Å²) in [5, 5.41) is 0. The fraction of sp³-hybridized carbons (Fsp3) is 0.278. The quantitative estimate of drug-likeness (QED) is 0.840. The van der Waals surface area contributed by atoms with Gasteiger partial charge < -0.3 is 20.1 Å². The average Bonchev–Trinajstić information content (AvgIpc) is 2.56. The largest absolute Gasteiger partial charge is 0.497 e. The van der Waals surface area contributed by atoms with E-state index in [9.17, 15) is 4.79 Å². The molecule has 0 aliphatic rings. The Morgan fingerprint density at radius 3 is 2.46 bits per heavy atom. The van der Waals surface area contributed by atoms with E-state index in [-0.39, 0.29) is 18.3 Å². The zero-order valence-corrected chi connectivity index (χ0v) is 15.1. The molecule has 5 nitrogen and oxygen atoms in total. The van der Waals surface area contributed by atoms with Gasteiger partial charge in [0, 0.05) is 36.5 Å². The second-order valence-electron chi connectivity index (χ2n) is 5.41. The number of ether oxygens (including phenoxy) is 2. The van der Waals surface area contributed by atoms with E-state index < -0.39 is 0 Å². The van der Waals surface area contributed by atoms with Crippen molar-refractivity contribution in [1.82, 2.24) is 4.90 Å². The molecule has 0 aromatic heterocycles. The van der Waals surface area contributed by atoms with Crippen molar-refractivity contribution in [2.45, 2.75) is 13.5 Å². The fourth-order valence-corrected chi connectivity index (χ4v) is 2.39. The number of carbonyl (C=O) groups excluding carboxylic acids is 1. The number of amides is 1. The Kier molecular flexibility index (Phi) is 6.92. The number of rotatable bonds is 5. The lowest BCUT2D eigenvalue weighted by atomic mass is 10.1. The van der Waals surface area contributed by atoms with Gasteiger partial charge in [0.15, 0.2) is 0 Å². The van der Waals surface area contributed by atoms with E-state index in [0.29, 0.717) is 29.3 Å². The molecule has 2 aromatic rings. The molecule has 1 amide bonds. The molecular weight excluding hydrogens is 328 g/mol.